The van der Waals surface area contributed by atoms with Gasteiger partial charge in [0, 0.05) is 32.4 Å². The number of piperazine rings is 1. The van der Waals surface area contributed by atoms with Crippen molar-refractivity contribution >= 4 is 22.3 Å². The summed E-state index contributed by atoms with van der Waals surface area (Å²) in [6.07, 6.45) is 2.90. The quantitative estimate of drug-likeness (QED) is 0.376. The Kier molecular flexibility index (Phi) is 7.18. The molecule has 1 saturated heterocycles. The summed E-state index contributed by atoms with van der Waals surface area (Å²) in [6, 6.07) is 14.4. The van der Waals surface area contributed by atoms with Crippen molar-refractivity contribution in [1.82, 2.24) is 14.4 Å². The Labute approximate surface area is 171 Å². The molecule has 2 aromatic rings. The molecule has 0 bridgehead atoms. The van der Waals surface area contributed by atoms with Gasteiger partial charge in [0.25, 0.3) is 0 Å². The van der Waals surface area contributed by atoms with Crippen molar-refractivity contribution in [3.8, 4) is 0 Å². The average molecular weight is 419 g/mol. The summed E-state index contributed by atoms with van der Waals surface area (Å²) in [5, 5.41) is 10.4. The summed E-state index contributed by atoms with van der Waals surface area (Å²) in [6.45, 7) is 1.77. The van der Waals surface area contributed by atoms with Crippen LogP contribution in [-0.4, -0.2) is 72.4 Å². The molecular formula is C20H26N4O4S. The van der Waals surface area contributed by atoms with E-state index in [1.807, 2.05) is 53.4 Å². The molecule has 1 fully saturated rings. The fraction of sp³-hybridized carbons (Fsp3) is 0.400. The van der Waals surface area contributed by atoms with E-state index in [1.165, 1.54) is 4.31 Å². The molecule has 2 heterocycles. The maximum Gasteiger partial charge on any atom is 0.233 e. The van der Waals surface area contributed by atoms with Gasteiger partial charge >= 0.3 is 0 Å². The number of nitrogens with zero attached hydrogens (tertiary/aromatic N) is 4. The summed E-state index contributed by atoms with van der Waals surface area (Å²) >= 11 is 0. The average Bonchev–Trinajstić information content (AvgIpc) is 2.77. The minimum atomic E-state index is -3.62. The Morgan fingerprint density at radius 1 is 1.07 bits per heavy atom. The van der Waals surface area contributed by atoms with Crippen LogP contribution in [-0.2, 0) is 21.2 Å². The fourth-order valence-electron chi connectivity index (χ4n) is 3.44. The summed E-state index contributed by atoms with van der Waals surface area (Å²) in [5.41, 5.74) is 1.03. The van der Waals surface area contributed by atoms with Crippen LogP contribution in [0.15, 0.2) is 54.7 Å². The van der Waals surface area contributed by atoms with E-state index in [4.69, 9.17) is 0 Å². The fourth-order valence-corrected chi connectivity index (χ4v) is 5.18. The zero-order chi connectivity index (χ0) is 20.7. The minimum absolute atomic E-state index is 0.268. The molecule has 29 heavy (non-hydrogen) atoms. The maximum atomic E-state index is 12.9. The number of hydrogen-bond acceptors (Lipinski definition) is 6. The van der Waals surface area contributed by atoms with Gasteiger partial charge in [-0.3, -0.25) is 10.0 Å². The van der Waals surface area contributed by atoms with E-state index in [1.54, 1.807) is 6.20 Å². The SMILES string of the molecule is O=CN(O)C(CCc1ccccc1)CS(=O)(=O)N1CCN(c2ccccn2)CC1. The molecule has 1 N–H and O–H groups in total. The Hall–Kier alpha value is -2.49. The monoisotopic (exact) mass is 418 g/mol. The third kappa shape index (κ3) is 5.75. The molecule has 1 aliphatic rings. The van der Waals surface area contributed by atoms with E-state index in [0.29, 0.717) is 44.1 Å². The van der Waals surface area contributed by atoms with E-state index in [-0.39, 0.29) is 12.2 Å². The normalized spacial score (nSPS) is 16.4. The summed E-state index contributed by atoms with van der Waals surface area (Å²) in [7, 11) is -3.62. The van der Waals surface area contributed by atoms with E-state index in [2.05, 4.69) is 4.98 Å². The standard InChI is InChI=1S/C20H26N4O4S/c25-17-24(26)19(10-9-18-6-2-1-3-7-18)16-29(27,28)23-14-12-22(13-15-23)20-8-4-5-11-21-20/h1-8,11,17,19,26H,9-10,12-16H2. The molecule has 9 heteroatoms. The molecule has 1 aromatic carbocycles. The number of rotatable bonds is 9. The third-order valence-electron chi connectivity index (χ3n) is 5.10. The van der Waals surface area contributed by atoms with Crippen LogP contribution in [0.1, 0.15) is 12.0 Å². The summed E-state index contributed by atoms with van der Waals surface area (Å²) in [4.78, 5) is 17.4. The van der Waals surface area contributed by atoms with Crippen molar-refractivity contribution in [3.63, 3.8) is 0 Å². The van der Waals surface area contributed by atoms with Gasteiger partial charge in [-0.25, -0.2) is 18.5 Å². The smallest absolute Gasteiger partial charge is 0.233 e. The highest BCUT2D eigenvalue weighted by Crippen LogP contribution is 2.17. The molecule has 1 amide bonds. The van der Waals surface area contributed by atoms with Crippen LogP contribution in [0.3, 0.4) is 0 Å². The first-order valence-electron chi connectivity index (χ1n) is 9.60. The summed E-state index contributed by atoms with van der Waals surface area (Å²) < 4.78 is 27.2. The van der Waals surface area contributed by atoms with Crippen LogP contribution in [0.2, 0.25) is 0 Å². The van der Waals surface area contributed by atoms with Crippen molar-refractivity contribution in [3.05, 3.63) is 60.3 Å². The number of pyridine rings is 1. The molecule has 156 valence electrons. The number of aryl methyl sites for hydroxylation is 1. The topological polar surface area (TPSA) is 94.0 Å². The van der Waals surface area contributed by atoms with Crippen LogP contribution >= 0.6 is 0 Å². The van der Waals surface area contributed by atoms with Crippen LogP contribution in [0.4, 0.5) is 5.82 Å². The lowest BCUT2D eigenvalue weighted by molar-refractivity contribution is -0.158. The number of anilines is 1. The number of benzene rings is 1. The largest absolute Gasteiger partial charge is 0.354 e. The van der Waals surface area contributed by atoms with Gasteiger partial charge in [0.2, 0.25) is 16.4 Å². The Balaban J connectivity index is 1.60. The highest BCUT2D eigenvalue weighted by molar-refractivity contribution is 7.89. The molecule has 1 atom stereocenters. The van der Waals surface area contributed by atoms with Gasteiger partial charge in [0.05, 0.1) is 11.8 Å². The first kappa shape index (κ1) is 21.2. The van der Waals surface area contributed by atoms with Crippen LogP contribution in [0.25, 0.3) is 0 Å². The molecule has 0 spiro atoms. The molecule has 0 radical (unpaired) electrons. The second-order valence-corrected chi connectivity index (χ2v) is 9.03. The van der Waals surface area contributed by atoms with Crippen molar-refractivity contribution in [2.75, 3.05) is 36.8 Å². The number of hydrogen-bond donors (Lipinski definition) is 1. The molecule has 0 aliphatic carbocycles. The molecular weight excluding hydrogens is 392 g/mol. The number of aromatic nitrogens is 1. The second-order valence-electron chi connectivity index (χ2n) is 7.02. The molecule has 8 nitrogen and oxygen atoms in total. The van der Waals surface area contributed by atoms with Crippen molar-refractivity contribution in [1.29, 1.82) is 0 Å². The molecule has 1 aliphatic heterocycles. The number of hydroxylamine groups is 2. The minimum Gasteiger partial charge on any atom is -0.354 e. The van der Waals surface area contributed by atoms with Gasteiger partial charge in [-0.05, 0) is 30.5 Å². The number of carbonyl (C=O) groups is 1. The zero-order valence-electron chi connectivity index (χ0n) is 16.2. The van der Waals surface area contributed by atoms with Gasteiger partial charge in [-0.1, -0.05) is 36.4 Å². The van der Waals surface area contributed by atoms with Crippen LogP contribution < -0.4 is 4.90 Å². The Morgan fingerprint density at radius 3 is 2.38 bits per heavy atom. The second kappa shape index (κ2) is 9.82. The van der Waals surface area contributed by atoms with Crippen molar-refractivity contribution < 1.29 is 18.4 Å². The lowest BCUT2D eigenvalue weighted by atomic mass is 10.1. The molecule has 3 rings (SSSR count). The van der Waals surface area contributed by atoms with Gasteiger partial charge in [0.15, 0.2) is 0 Å². The zero-order valence-corrected chi connectivity index (χ0v) is 17.0. The first-order valence-corrected chi connectivity index (χ1v) is 11.2. The molecule has 0 saturated carbocycles. The van der Waals surface area contributed by atoms with Gasteiger partial charge < -0.3 is 4.90 Å². The predicted molar refractivity (Wildman–Crippen MR) is 110 cm³/mol. The van der Waals surface area contributed by atoms with E-state index in [9.17, 15) is 18.4 Å². The van der Waals surface area contributed by atoms with Gasteiger partial charge in [-0.15, -0.1) is 0 Å². The van der Waals surface area contributed by atoms with E-state index < -0.39 is 16.1 Å². The first-order chi connectivity index (χ1) is 14.0. The van der Waals surface area contributed by atoms with Crippen molar-refractivity contribution in [2.45, 2.75) is 18.9 Å². The van der Waals surface area contributed by atoms with Crippen molar-refractivity contribution in [2.24, 2.45) is 0 Å². The number of sulfonamides is 1. The number of amides is 1. The highest BCUT2D eigenvalue weighted by Gasteiger charge is 2.31. The predicted octanol–water partition coefficient (Wildman–Crippen LogP) is 1.38. The number of carbonyl (C=O) groups excluding carboxylic acids is 1. The lowest BCUT2D eigenvalue weighted by Gasteiger charge is -2.35. The van der Waals surface area contributed by atoms with Crippen LogP contribution in [0, 0.1) is 0 Å². The Bertz CT molecular complexity index is 872. The summed E-state index contributed by atoms with van der Waals surface area (Å²) in [5.74, 6) is 0.520. The van der Waals surface area contributed by atoms with Gasteiger partial charge in [0.1, 0.15) is 5.82 Å². The lowest BCUT2D eigenvalue weighted by Crippen LogP contribution is -2.51. The molecule has 1 aromatic heterocycles. The van der Waals surface area contributed by atoms with E-state index >= 15 is 0 Å². The molecule has 1 unspecified atom stereocenters. The van der Waals surface area contributed by atoms with Crippen LogP contribution in [0.5, 0.6) is 0 Å². The Morgan fingerprint density at radius 2 is 1.76 bits per heavy atom. The maximum absolute atomic E-state index is 12.9. The highest BCUT2D eigenvalue weighted by atomic mass is 32.2. The third-order valence-corrected chi connectivity index (χ3v) is 7.06. The van der Waals surface area contributed by atoms with Gasteiger partial charge in [-0.2, -0.15) is 4.31 Å². The van der Waals surface area contributed by atoms with E-state index in [0.717, 1.165) is 11.4 Å².